The zero-order chi connectivity index (χ0) is 18.1. The van der Waals surface area contributed by atoms with Crippen molar-refractivity contribution in [2.45, 2.75) is 32.7 Å². The van der Waals surface area contributed by atoms with Crippen LogP contribution in [0.15, 0.2) is 48.7 Å². The lowest BCUT2D eigenvalue weighted by Gasteiger charge is -2.09. The molecule has 0 radical (unpaired) electrons. The molecule has 0 unspecified atom stereocenters. The van der Waals surface area contributed by atoms with Crippen molar-refractivity contribution in [3.8, 4) is 11.6 Å². The van der Waals surface area contributed by atoms with E-state index in [0.29, 0.717) is 23.4 Å². The molecule has 1 aromatic carbocycles. The Morgan fingerprint density at radius 2 is 2.04 bits per heavy atom. The van der Waals surface area contributed by atoms with Crippen molar-refractivity contribution in [1.29, 1.82) is 0 Å². The first-order valence-corrected chi connectivity index (χ1v) is 8.67. The van der Waals surface area contributed by atoms with E-state index in [1.54, 1.807) is 24.4 Å². The number of nitrogens with one attached hydrogen (secondary N) is 1. The number of aryl methyl sites for hydroxylation is 1. The Kier molecular flexibility index (Phi) is 4.16. The molecule has 26 heavy (non-hydrogen) atoms. The van der Waals surface area contributed by atoms with Crippen molar-refractivity contribution < 1.29 is 9.53 Å². The molecule has 1 N–H and O–H groups in total. The molecule has 0 atom stereocenters. The highest BCUT2D eigenvalue weighted by molar-refractivity contribution is 6.05. The molecule has 0 aliphatic heterocycles. The van der Waals surface area contributed by atoms with E-state index in [4.69, 9.17) is 4.74 Å². The van der Waals surface area contributed by atoms with Crippen LogP contribution in [0.5, 0.6) is 11.6 Å². The van der Waals surface area contributed by atoms with Gasteiger partial charge in [0, 0.05) is 41.4 Å². The van der Waals surface area contributed by atoms with Gasteiger partial charge in [0.1, 0.15) is 5.75 Å². The molecule has 6 nitrogen and oxygen atoms in total. The molecule has 1 aliphatic rings. The van der Waals surface area contributed by atoms with E-state index in [1.165, 1.54) is 12.8 Å². The fraction of sp³-hybridized carbons (Fsp3) is 0.250. The summed E-state index contributed by atoms with van der Waals surface area (Å²) >= 11 is 0. The summed E-state index contributed by atoms with van der Waals surface area (Å²) in [7, 11) is 0. The lowest BCUT2D eigenvalue weighted by atomic mass is 10.2. The number of benzene rings is 1. The topological polar surface area (TPSA) is 69.0 Å². The third-order valence-electron chi connectivity index (χ3n) is 4.50. The normalized spacial score (nSPS) is 13.5. The zero-order valence-electron chi connectivity index (χ0n) is 14.8. The van der Waals surface area contributed by atoms with E-state index in [9.17, 15) is 4.79 Å². The van der Waals surface area contributed by atoms with Crippen LogP contribution in [0.4, 0.5) is 5.69 Å². The molecule has 2 aromatic heterocycles. The summed E-state index contributed by atoms with van der Waals surface area (Å²) in [5, 5.41) is 10.6. The third-order valence-corrected chi connectivity index (χ3v) is 4.50. The first kappa shape index (κ1) is 16.3. The Morgan fingerprint density at radius 3 is 2.77 bits per heavy atom. The summed E-state index contributed by atoms with van der Waals surface area (Å²) in [6.45, 7) is 4.06. The molecule has 4 rings (SSSR count). The van der Waals surface area contributed by atoms with Crippen molar-refractivity contribution in [3.63, 3.8) is 0 Å². The van der Waals surface area contributed by atoms with Gasteiger partial charge in [-0.2, -0.15) is 5.10 Å². The molecular formula is C20H20N4O2. The van der Waals surface area contributed by atoms with Crippen LogP contribution in [0.2, 0.25) is 0 Å². The van der Waals surface area contributed by atoms with Crippen LogP contribution < -0.4 is 10.1 Å². The number of rotatable bonds is 5. The average Bonchev–Trinajstić information content (AvgIpc) is 3.41. The van der Waals surface area contributed by atoms with Gasteiger partial charge in [-0.15, -0.1) is 5.10 Å². The highest BCUT2D eigenvalue weighted by Gasteiger charge is 2.28. The molecule has 0 saturated heterocycles. The number of ether oxygens (including phenoxy) is 1. The summed E-state index contributed by atoms with van der Waals surface area (Å²) in [6, 6.07) is 13.2. The van der Waals surface area contributed by atoms with Crippen LogP contribution in [-0.2, 0) is 0 Å². The van der Waals surface area contributed by atoms with Crippen molar-refractivity contribution in [3.05, 3.63) is 65.6 Å². The minimum absolute atomic E-state index is 0.110. The highest BCUT2D eigenvalue weighted by Crippen LogP contribution is 2.38. The molecule has 3 aromatic rings. The summed E-state index contributed by atoms with van der Waals surface area (Å²) in [6.07, 6.45) is 3.97. The van der Waals surface area contributed by atoms with Crippen molar-refractivity contribution >= 4 is 11.6 Å². The standard InChI is InChI=1S/C20H20N4O2/c1-13-11-18(14(2)24(13)16-8-9-16)20(25)22-15-5-3-6-17(12-15)26-19-7-4-10-21-23-19/h3-7,10-12,16H,8-9H2,1-2H3,(H,22,25). The van der Waals surface area contributed by atoms with Crippen LogP contribution in [0, 0.1) is 13.8 Å². The van der Waals surface area contributed by atoms with Crippen LogP contribution >= 0.6 is 0 Å². The van der Waals surface area contributed by atoms with Crippen LogP contribution in [0.3, 0.4) is 0 Å². The summed E-state index contributed by atoms with van der Waals surface area (Å²) in [5.41, 5.74) is 3.55. The first-order chi connectivity index (χ1) is 12.6. The predicted molar refractivity (Wildman–Crippen MR) is 98.7 cm³/mol. The van der Waals surface area contributed by atoms with Gasteiger partial charge < -0.3 is 14.6 Å². The van der Waals surface area contributed by atoms with Crippen LogP contribution in [0.1, 0.15) is 40.6 Å². The fourth-order valence-electron chi connectivity index (χ4n) is 3.20. The van der Waals surface area contributed by atoms with E-state index in [2.05, 4.69) is 27.0 Å². The number of anilines is 1. The van der Waals surface area contributed by atoms with E-state index < -0.39 is 0 Å². The number of hydrogen-bond acceptors (Lipinski definition) is 4. The largest absolute Gasteiger partial charge is 0.437 e. The maximum absolute atomic E-state index is 12.7. The number of carbonyl (C=O) groups is 1. The van der Waals surface area contributed by atoms with Gasteiger partial charge in [0.2, 0.25) is 5.88 Å². The van der Waals surface area contributed by atoms with E-state index in [0.717, 1.165) is 17.0 Å². The van der Waals surface area contributed by atoms with Gasteiger partial charge in [-0.3, -0.25) is 4.79 Å². The summed E-state index contributed by atoms with van der Waals surface area (Å²) in [5.74, 6) is 0.886. The number of aromatic nitrogens is 3. The summed E-state index contributed by atoms with van der Waals surface area (Å²) < 4.78 is 7.93. The monoisotopic (exact) mass is 348 g/mol. The average molecular weight is 348 g/mol. The van der Waals surface area contributed by atoms with Crippen LogP contribution in [0.25, 0.3) is 0 Å². The molecule has 1 saturated carbocycles. The molecular weight excluding hydrogens is 328 g/mol. The minimum Gasteiger partial charge on any atom is -0.437 e. The second-order valence-corrected chi connectivity index (χ2v) is 6.53. The quantitative estimate of drug-likeness (QED) is 0.747. The zero-order valence-corrected chi connectivity index (χ0v) is 14.8. The van der Waals surface area contributed by atoms with Gasteiger partial charge in [0.25, 0.3) is 5.91 Å². The van der Waals surface area contributed by atoms with Gasteiger partial charge in [-0.1, -0.05) is 6.07 Å². The van der Waals surface area contributed by atoms with Crippen molar-refractivity contribution in [1.82, 2.24) is 14.8 Å². The van der Waals surface area contributed by atoms with Crippen molar-refractivity contribution in [2.24, 2.45) is 0 Å². The molecule has 6 heteroatoms. The third kappa shape index (κ3) is 3.31. The Balaban J connectivity index is 1.51. The van der Waals surface area contributed by atoms with Gasteiger partial charge >= 0.3 is 0 Å². The number of amides is 1. The molecule has 0 spiro atoms. The van der Waals surface area contributed by atoms with E-state index >= 15 is 0 Å². The molecule has 2 heterocycles. The van der Waals surface area contributed by atoms with Gasteiger partial charge in [-0.05, 0) is 51.0 Å². The smallest absolute Gasteiger partial charge is 0.257 e. The Morgan fingerprint density at radius 1 is 1.19 bits per heavy atom. The highest BCUT2D eigenvalue weighted by atomic mass is 16.5. The maximum atomic E-state index is 12.7. The van der Waals surface area contributed by atoms with E-state index in [-0.39, 0.29) is 5.91 Å². The number of carbonyl (C=O) groups excluding carboxylic acids is 1. The predicted octanol–water partition coefficient (Wildman–Crippen LogP) is 4.27. The number of hydrogen-bond donors (Lipinski definition) is 1. The maximum Gasteiger partial charge on any atom is 0.257 e. The molecule has 0 bridgehead atoms. The Bertz CT molecular complexity index is 946. The van der Waals surface area contributed by atoms with Gasteiger partial charge in [-0.25, -0.2) is 0 Å². The minimum atomic E-state index is -0.110. The van der Waals surface area contributed by atoms with Gasteiger partial charge in [0.05, 0.1) is 5.56 Å². The molecule has 1 aliphatic carbocycles. The molecule has 1 amide bonds. The SMILES string of the molecule is Cc1cc(C(=O)Nc2cccc(Oc3cccnn3)c2)c(C)n1C1CC1. The lowest BCUT2D eigenvalue weighted by molar-refractivity contribution is 0.102. The molecule has 1 fully saturated rings. The lowest BCUT2D eigenvalue weighted by Crippen LogP contribution is -2.13. The second-order valence-electron chi connectivity index (χ2n) is 6.53. The fourth-order valence-corrected chi connectivity index (χ4v) is 3.20. The first-order valence-electron chi connectivity index (χ1n) is 8.67. The van der Waals surface area contributed by atoms with Crippen LogP contribution in [-0.4, -0.2) is 20.7 Å². The summed E-state index contributed by atoms with van der Waals surface area (Å²) in [4.78, 5) is 12.7. The van der Waals surface area contributed by atoms with Crippen molar-refractivity contribution in [2.75, 3.05) is 5.32 Å². The molecule has 132 valence electrons. The Hall–Kier alpha value is -3.15. The van der Waals surface area contributed by atoms with E-state index in [1.807, 2.05) is 31.2 Å². The Labute approximate surface area is 151 Å². The van der Waals surface area contributed by atoms with Gasteiger partial charge in [0.15, 0.2) is 0 Å². The second kappa shape index (κ2) is 6.63. The number of nitrogens with zero attached hydrogens (tertiary/aromatic N) is 3.